The van der Waals surface area contributed by atoms with Gasteiger partial charge in [0.05, 0.1) is 25.9 Å². The largest absolute Gasteiger partial charge is 0.496 e. The van der Waals surface area contributed by atoms with Gasteiger partial charge in [-0.15, -0.1) is 0 Å². The fraction of sp³-hybridized carbons (Fsp3) is 0.375. The van der Waals surface area contributed by atoms with Crippen LogP contribution in [0.15, 0.2) is 36.4 Å². The number of methoxy groups -OCH3 is 1. The van der Waals surface area contributed by atoms with Crippen molar-refractivity contribution in [1.82, 2.24) is 0 Å². The first-order valence-electron chi connectivity index (χ1n) is 6.74. The first-order chi connectivity index (χ1) is 9.72. The molecule has 3 atom stereocenters. The normalized spacial score (nSPS) is 26.1. The smallest absolute Gasteiger partial charge is 0.125 e. The highest BCUT2D eigenvalue weighted by molar-refractivity contribution is 5.85. The van der Waals surface area contributed by atoms with Crippen LogP contribution in [0.25, 0.3) is 10.8 Å². The van der Waals surface area contributed by atoms with E-state index in [4.69, 9.17) is 9.47 Å². The number of ether oxygens (including phenoxy) is 2. The van der Waals surface area contributed by atoms with E-state index in [1.54, 1.807) is 7.11 Å². The second-order valence-corrected chi connectivity index (χ2v) is 5.09. The lowest BCUT2D eigenvalue weighted by Crippen LogP contribution is -2.24. The van der Waals surface area contributed by atoms with Crippen LogP contribution >= 0.6 is 0 Å². The molecule has 0 aliphatic carbocycles. The Balaban J connectivity index is 2.02. The van der Waals surface area contributed by atoms with E-state index in [9.17, 15) is 10.2 Å². The summed E-state index contributed by atoms with van der Waals surface area (Å²) in [4.78, 5) is 0. The van der Waals surface area contributed by atoms with E-state index in [0.29, 0.717) is 6.42 Å². The number of hydrogen-bond acceptors (Lipinski definition) is 4. The summed E-state index contributed by atoms with van der Waals surface area (Å²) in [6.45, 7) is -0.173. The molecule has 3 rings (SSSR count). The molecule has 0 bridgehead atoms. The zero-order valence-corrected chi connectivity index (χ0v) is 11.3. The van der Waals surface area contributed by atoms with E-state index in [1.807, 2.05) is 36.4 Å². The molecule has 0 spiro atoms. The fourth-order valence-corrected chi connectivity index (χ4v) is 2.76. The lowest BCUT2D eigenvalue weighted by Gasteiger charge is -2.16. The molecule has 1 saturated heterocycles. The van der Waals surface area contributed by atoms with Crippen molar-refractivity contribution in [1.29, 1.82) is 0 Å². The van der Waals surface area contributed by atoms with E-state index < -0.39 is 12.2 Å². The molecule has 4 heteroatoms. The maximum atomic E-state index is 9.87. The van der Waals surface area contributed by atoms with E-state index in [2.05, 4.69) is 0 Å². The van der Waals surface area contributed by atoms with Crippen LogP contribution in [0, 0.1) is 0 Å². The molecule has 0 saturated carbocycles. The van der Waals surface area contributed by atoms with Crippen LogP contribution in [0.3, 0.4) is 0 Å². The van der Waals surface area contributed by atoms with Gasteiger partial charge in [-0.25, -0.2) is 0 Å². The molecule has 2 N–H and O–H groups in total. The Labute approximate surface area is 117 Å². The molecule has 0 aromatic heterocycles. The van der Waals surface area contributed by atoms with Gasteiger partial charge in [0.15, 0.2) is 0 Å². The molecular formula is C16H18O4. The van der Waals surface area contributed by atoms with E-state index in [-0.39, 0.29) is 12.7 Å². The average Bonchev–Trinajstić information content (AvgIpc) is 2.86. The molecule has 1 heterocycles. The first-order valence-corrected chi connectivity index (χ1v) is 6.74. The summed E-state index contributed by atoms with van der Waals surface area (Å²) in [6, 6.07) is 12.0. The molecule has 1 aliphatic heterocycles. The van der Waals surface area contributed by atoms with Gasteiger partial charge < -0.3 is 19.7 Å². The summed E-state index contributed by atoms with van der Waals surface area (Å²) < 4.78 is 11.2. The zero-order valence-electron chi connectivity index (χ0n) is 11.3. The zero-order chi connectivity index (χ0) is 14.1. The molecule has 20 heavy (non-hydrogen) atoms. The molecule has 0 amide bonds. The van der Waals surface area contributed by atoms with Gasteiger partial charge in [-0.05, 0) is 22.9 Å². The Hall–Kier alpha value is -1.62. The number of rotatable bonds is 3. The monoisotopic (exact) mass is 274 g/mol. The number of fused-ring (bicyclic) bond motifs is 1. The second kappa shape index (κ2) is 5.40. The van der Waals surface area contributed by atoms with Crippen molar-refractivity contribution in [3.05, 3.63) is 42.0 Å². The minimum absolute atomic E-state index is 0.173. The Morgan fingerprint density at radius 3 is 2.55 bits per heavy atom. The van der Waals surface area contributed by atoms with Crippen molar-refractivity contribution in [3.63, 3.8) is 0 Å². The summed E-state index contributed by atoms with van der Waals surface area (Å²) in [5.74, 6) is 0.750. The predicted octanol–water partition coefficient (Wildman–Crippen LogP) is 2.03. The third-order valence-electron chi connectivity index (χ3n) is 3.85. The molecule has 0 radical (unpaired) electrons. The number of benzene rings is 2. The summed E-state index contributed by atoms with van der Waals surface area (Å²) in [7, 11) is 1.63. The van der Waals surface area contributed by atoms with Crippen molar-refractivity contribution in [2.45, 2.75) is 24.7 Å². The Morgan fingerprint density at radius 2 is 1.95 bits per heavy atom. The van der Waals surface area contributed by atoms with Gasteiger partial charge in [0.25, 0.3) is 0 Å². The Bertz CT molecular complexity index is 610. The molecule has 1 fully saturated rings. The van der Waals surface area contributed by atoms with Crippen LogP contribution in [0.4, 0.5) is 0 Å². The van der Waals surface area contributed by atoms with E-state index in [1.165, 1.54) is 0 Å². The minimum Gasteiger partial charge on any atom is -0.496 e. The number of hydrogen-bond donors (Lipinski definition) is 2. The molecule has 1 aliphatic rings. The van der Waals surface area contributed by atoms with Crippen LogP contribution in [-0.4, -0.2) is 36.1 Å². The molecule has 106 valence electrons. The average molecular weight is 274 g/mol. The Kier molecular flexibility index (Phi) is 3.61. The van der Waals surface area contributed by atoms with Crippen LogP contribution in [0.2, 0.25) is 0 Å². The fourth-order valence-electron chi connectivity index (χ4n) is 2.76. The van der Waals surface area contributed by atoms with Crippen LogP contribution in [0.1, 0.15) is 18.1 Å². The topological polar surface area (TPSA) is 58.9 Å². The molecule has 2 aromatic rings. The van der Waals surface area contributed by atoms with Crippen LogP contribution < -0.4 is 4.74 Å². The van der Waals surface area contributed by atoms with Crippen molar-refractivity contribution in [2.24, 2.45) is 0 Å². The van der Waals surface area contributed by atoms with Gasteiger partial charge >= 0.3 is 0 Å². The Morgan fingerprint density at radius 1 is 1.25 bits per heavy atom. The number of aliphatic hydroxyl groups excluding tert-OH is 2. The van der Waals surface area contributed by atoms with Gasteiger partial charge in [0.1, 0.15) is 11.9 Å². The van der Waals surface area contributed by atoms with Crippen molar-refractivity contribution < 1.29 is 19.7 Å². The van der Waals surface area contributed by atoms with Gasteiger partial charge in [0.2, 0.25) is 0 Å². The predicted molar refractivity (Wildman–Crippen MR) is 75.8 cm³/mol. The summed E-state index contributed by atoms with van der Waals surface area (Å²) in [5.41, 5.74) is 0.918. The summed E-state index contributed by atoms with van der Waals surface area (Å²) in [6.07, 6.45) is -0.931. The van der Waals surface area contributed by atoms with Gasteiger partial charge in [-0.2, -0.15) is 0 Å². The van der Waals surface area contributed by atoms with Crippen molar-refractivity contribution in [2.75, 3.05) is 13.7 Å². The lowest BCUT2D eigenvalue weighted by atomic mass is 9.99. The SMILES string of the molecule is COc1cc2ccccc2cc1[C@@H]1C[C@@H](O)[C@H](CO)O1. The highest BCUT2D eigenvalue weighted by Gasteiger charge is 2.35. The van der Waals surface area contributed by atoms with Crippen molar-refractivity contribution in [3.8, 4) is 5.75 Å². The van der Waals surface area contributed by atoms with Crippen LogP contribution in [0.5, 0.6) is 5.75 Å². The quantitative estimate of drug-likeness (QED) is 0.899. The van der Waals surface area contributed by atoms with E-state index in [0.717, 1.165) is 22.1 Å². The van der Waals surface area contributed by atoms with Gasteiger partial charge in [-0.1, -0.05) is 24.3 Å². The highest BCUT2D eigenvalue weighted by atomic mass is 16.5. The number of aliphatic hydroxyl groups is 2. The lowest BCUT2D eigenvalue weighted by molar-refractivity contribution is -0.0230. The maximum absolute atomic E-state index is 9.87. The minimum atomic E-state index is -0.638. The van der Waals surface area contributed by atoms with Gasteiger partial charge in [-0.3, -0.25) is 0 Å². The molecule has 2 aromatic carbocycles. The summed E-state index contributed by atoms with van der Waals surface area (Å²) >= 11 is 0. The molecule has 4 nitrogen and oxygen atoms in total. The van der Waals surface area contributed by atoms with Crippen molar-refractivity contribution >= 4 is 10.8 Å². The highest BCUT2D eigenvalue weighted by Crippen LogP contribution is 2.39. The summed E-state index contributed by atoms with van der Waals surface area (Å²) in [5, 5.41) is 21.3. The first kappa shape index (κ1) is 13.4. The standard InChI is InChI=1S/C16H18O4/c1-19-14-7-11-5-3-2-4-10(11)6-12(14)15-8-13(18)16(9-17)20-15/h2-7,13,15-18H,8-9H2,1H3/t13-,15+,16+/m1/s1. The molecule has 0 unspecified atom stereocenters. The second-order valence-electron chi connectivity index (χ2n) is 5.09. The van der Waals surface area contributed by atoms with E-state index >= 15 is 0 Å². The molecular weight excluding hydrogens is 256 g/mol. The third kappa shape index (κ3) is 2.26. The van der Waals surface area contributed by atoms with Crippen LogP contribution in [-0.2, 0) is 4.74 Å². The third-order valence-corrected chi connectivity index (χ3v) is 3.85. The van der Waals surface area contributed by atoms with Gasteiger partial charge in [0, 0.05) is 12.0 Å². The maximum Gasteiger partial charge on any atom is 0.125 e.